The van der Waals surface area contributed by atoms with Gasteiger partial charge in [0, 0.05) is 24.8 Å². The zero-order valence-electron chi connectivity index (χ0n) is 11.8. The second kappa shape index (κ2) is 5.97. The number of piperidine rings is 1. The van der Waals surface area contributed by atoms with Gasteiger partial charge in [-0.05, 0) is 46.3 Å². The van der Waals surface area contributed by atoms with Crippen molar-refractivity contribution in [3.63, 3.8) is 0 Å². The van der Waals surface area contributed by atoms with E-state index in [9.17, 15) is 4.79 Å². The maximum absolute atomic E-state index is 12.5. The minimum Gasteiger partial charge on any atom is -0.378 e. The second-order valence-electron chi connectivity index (χ2n) is 5.64. The summed E-state index contributed by atoms with van der Waals surface area (Å²) in [4.78, 5) is 14.7. The third-order valence-corrected chi connectivity index (χ3v) is 3.65. The number of hydrogen-bond acceptors (Lipinski definition) is 3. The lowest BCUT2D eigenvalue weighted by Gasteiger charge is -2.31. The predicted octanol–water partition coefficient (Wildman–Crippen LogP) is 2.59. The molecule has 1 N–H and O–H groups in total. The van der Waals surface area contributed by atoms with Crippen LogP contribution in [0.5, 0.6) is 0 Å². The van der Waals surface area contributed by atoms with Gasteiger partial charge in [0.05, 0.1) is 5.02 Å². The maximum atomic E-state index is 12.5. The molecule has 0 bridgehead atoms. The molecule has 0 aliphatic carbocycles. The normalized spacial score (nSPS) is 20.8. The number of hydrogen-bond donors (Lipinski definition) is 1. The van der Waals surface area contributed by atoms with Gasteiger partial charge in [-0.2, -0.15) is 0 Å². The highest BCUT2D eigenvalue weighted by Gasteiger charge is 2.21. The molecule has 1 aromatic rings. The van der Waals surface area contributed by atoms with Crippen molar-refractivity contribution >= 4 is 17.3 Å². The Kier molecular flexibility index (Phi) is 4.53. The summed E-state index contributed by atoms with van der Waals surface area (Å²) in [6, 6.07) is 2.15. The summed E-state index contributed by atoms with van der Waals surface area (Å²) in [6.45, 7) is 6.03. The predicted molar refractivity (Wildman–Crippen MR) is 80.2 cm³/mol. The van der Waals surface area contributed by atoms with Gasteiger partial charge in [-0.15, -0.1) is 0 Å². The summed E-state index contributed by atoms with van der Waals surface area (Å²) in [5.41, 5.74) is 0.620. The van der Waals surface area contributed by atoms with Gasteiger partial charge in [0.2, 0.25) is 0 Å². The number of rotatable bonds is 3. The van der Waals surface area contributed by atoms with Crippen LogP contribution in [0.15, 0.2) is 17.1 Å². The van der Waals surface area contributed by atoms with E-state index in [4.69, 9.17) is 11.6 Å². The van der Waals surface area contributed by atoms with Crippen LogP contribution < -0.4 is 10.9 Å². The number of halogens is 1. The first-order valence-corrected chi connectivity index (χ1v) is 7.22. The molecular weight excluding hydrogens is 262 g/mol. The molecule has 1 fully saturated rings. The highest BCUT2D eigenvalue weighted by atomic mass is 35.5. The minimum absolute atomic E-state index is 0.0263. The summed E-state index contributed by atoms with van der Waals surface area (Å²) >= 11 is 6.15. The Hall–Kier alpha value is -1.00. The van der Waals surface area contributed by atoms with Crippen LogP contribution in [-0.2, 0) is 0 Å². The summed E-state index contributed by atoms with van der Waals surface area (Å²) in [5, 5.41) is 3.78. The number of likely N-dealkylation sites (N-methyl/N-ethyl adjacent to an activating group) is 1. The Morgan fingerprint density at radius 2 is 2.21 bits per heavy atom. The van der Waals surface area contributed by atoms with Gasteiger partial charge < -0.3 is 14.8 Å². The van der Waals surface area contributed by atoms with Crippen LogP contribution in [0.4, 0.5) is 5.69 Å². The van der Waals surface area contributed by atoms with Crippen molar-refractivity contribution in [2.24, 2.45) is 0 Å². The summed E-state index contributed by atoms with van der Waals surface area (Å²) in [7, 11) is 2.09. The van der Waals surface area contributed by atoms with Crippen LogP contribution in [0.2, 0.25) is 5.02 Å². The van der Waals surface area contributed by atoms with E-state index in [2.05, 4.69) is 17.3 Å². The fourth-order valence-electron chi connectivity index (χ4n) is 2.62. The van der Waals surface area contributed by atoms with Gasteiger partial charge in [-0.1, -0.05) is 11.6 Å². The van der Waals surface area contributed by atoms with E-state index in [-0.39, 0.29) is 17.6 Å². The highest BCUT2D eigenvalue weighted by Crippen LogP contribution is 2.22. The molecule has 106 valence electrons. The van der Waals surface area contributed by atoms with Crippen LogP contribution in [0, 0.1) is 0 Å². The van der Waals surface area contributed by atoms with Crippen molar-refractivity contribution in [3.8, 4) is 0 Å². The van der Waals surface area contributed by atoms with Gasteiger partial charge in [-0.25, -0.2) is 0 Å². The molecule has 1 atom stereocenters. The molecule has 0 saturated carbocycles. The molecule has 1 aromatic heterocycles. The van der Waals surface area contributed by atoms with Crippen molar-refractivity contribution < 1.29 is 0 Å². The van der Waals surface area contributed by atoms with Crippen LogP contribution in [0.3, 0.4) is 0 Å². The number of likely N-dealkylation sites (tertiary alicyclic amines) is 1. The molecule has 2 rings (SSSR count). The molecule has 5 heteroatoms. The fourth-order valence-corrected chi connectivity index (χ4v) is 2.83. The van der Waals surface area contributed by atoms with Gasteiger partial charge in [-0.3, -0.25) is 4.79 Å². The molecule has 0 radical (unpaired) electrons. The third-order valence-electron chi connectivity index (χ3n) is 3.45. The van der Waals surface area contributed by atoms with E-state index in [0.29, 0.717) is 10.7 Å². The summed E-state index contributed by atoms with van der Waals surface area (Å²) in [5.74, 6) is 0. The topological polar surface area (TPSA) is 37.3 Å². The Balaban J connectivity index is 2.34. The number of aromatic nitrogens is 1. The Morgan fingerprint density at radius 3 is 2.84 bits per heavy atom. The molecule has 0 spiro atoms. The van der Waals surface area contributed by atoms with Crippen LogP contribution in [0.1, 0.15) is 32.7 Å². The Labute approximate surface area is 119 Å². The molecule has 2 heterocycles. The fraction of sp³-hybridized carbons (Fsp3) is 0.643. The maximum Gasteiger partial charge on any atom is 0.274 e. The van der Waals surface area contributed by atoms with Crippen molar-refractivity contribution in [3.05, 3.63) is 27.6 Å². The van der Waals surface area contributed by atoms with Crippen LogP contribution >= 0.6 is 11.6 Å². The molecule has 1 aliphatic heterocycles. The Bertz CT molecular complexity index is 498. The molecule has 0 aromatic carbocycles. The molecule has 1 saturated heterocycles. The molecule has 19 heavy (non-hydrogen) atoms. The summed E-state index contributed by atoms with van der Waals surface area (Å²) in [6.07, 6.45) is 3.91. The quantitative estimate of drug-likeness (QED) is 0.926. The lowest BCUT2D eigenvalue weighted by molar-refractivity contribution is 0.209. The number of anilines is 1. The Morgan fingerprint density at radius 1 is 1.47 bits per heavy atom. The van der Waals surface area contributed by atoms with Crippen molar-refractivity contribution in [2.75, 3.05) is 25.5 Å². The average Bonchev–Trinajstić information content (AvgIpc) is 2.32. The molecule has 0 amide bonds. The van der Waals surface area contributed by atoms with Gasteiger partial charge in [0.15, 0.2) is 0 Å². The summed E-state index contributed by atoms with van der Waals surface area (Å²) < 4.78 is 1.79. The average molecular weight is 284 g/mol. The van der Waals surface area contributed by atoms with Crippen LogP contribution in [0.25, 0.3) is 0 Å². The van der Waals surface area contributed by atoms with E-state index in [0.717, 1.165) is 25.9 Å². The van der Waals surface area contributed by atoms with E-state index in [1.165, 1.54) is 0 Å². The number of pyridine rings is 1. The third kappa shape index (κ3) is 3.51. The number of nitrogens with zero attached hydrogens (tertiary/aromatic N) is 2. The van der Waals surface area contributed by atoms with Crippen LogP contribution in [-0.4, -0.2) is 35.6 Å². The monoisotopic (exact) mass is 283 g/mol. The first kappa shape index (κ1) is 14.4. The molecule has 4 nitrogen and oxygen atoms in total. The number of nitrogens with one attached hydrogen (secondary N) is 1. The lowest BCUT2D eigenvalue weighted by Crippen LogP contribution is -2.38. The van der Waals surface area contributed by atoms with E-state index >= 15 is 0 Å². The zero-order valence-corrected chi connectivity index (χ0v) is 12.6. The minimum atomic E-state index is 0.0263. The van der Waals surface area contributed by atoms with Gasteiger partial charge >= 0.3 is 0 Å². The molecule has 0 unspecified atom stereocenters. The van der Waals surface area contributed by atoms with Crippen molar-refractivity contribution in [1.82, 2.24) is 9.47 Å². The van der Waals surface area contributed by atoms with E-state index in [1.54, 1.807) is 16.8 Å². The molecule has 1 aliphatic rings. The smallest absolute Gasteiger partial charge is 0.274 e. The standard InChI is InChI=1S/C14H22ClN3O/c1-10(2)16-13-7-11(15)8-18(14(13)19)12-5-4-6-17(3)9-12/h7-8,10,12,16H,4-6,9H2,1-3H3/t12-/m0/s1. The SMILES string of the molecule is CC(C)Nc1cc(Cl)cn([C@H]2CCCN(C)C2)c1=O. The van der Waals surface area contributed by atoms with Gasteiger partial charge in [0.1, 0.15) is 5.69 Å². The largest absolute Gasteiger partial charge is 0.378 e. The first-order chi connectivity index (χ1) is 8.97. The van der Waals surface area contributed by atoms with Gasteiger partial charge in [0.25, 0.3) is 5.56 Å². The second-order valence-corrected chi connectivity index (χ2v) is 6.08. The zero-order chi connectivity index (χ0) is 14.0. The van der Waals surface area contributed by atoms with E-state index in [1.807, 2.05) is 13.8 Å². The first-order valence-electron chi connectivity index (χ1n) is 6.84. The van der Waals surface area contributed by atoms with E-state index < -0.39 is 0 Å². The lowest BCUT2D eigenvalue weighted by atomic mass is 10.1. The molecular formula is C14H22ClN3O. The van der Waals surface area contributed by atoms with Crippen molar-refractivity contribution in [1.29, 1.82) is 0 Å². The van der Waals surface area contributed by atoms with Crippen molar-refractivity contribution in [2.45, 2.75) is 38.8 Å². The highest BCUT2D eigenvalue weighted by molar-refractivity contribution is 6.30.